The van der Waals surface area contributed by atoms with E-state index in [0.717, 1.165) is 10.4 Å². The minimum absolute atomic E-state index is 0.106. The zero-order valence-corrected chi connectivity index (χ0v) is 10.4. The molecule has 0 atom stereocenters. The van der Waals surface area contributed by atoms with Gasteiger partial charge < -0.3 is 0 Å². The van der Waals surface area contributed by atoms with Gasteiger partial charge in [-0.2, -0.15) is 0 Å². The first-order valence-electron chi connectivity index (χ1n) is 5.02. The van der Waals surface area contributed by atoms with E-state index < -0.39 is 0 Å². The Morgan fingerprint density at radius 3 is 2.43 bits per heavy atom. The fourth-order valence-corrected chi connectivity index (χ4v) is 1.80. The van der Waals surface area contributed by atoms with Crippen molar-refractivity contribution in [3.63, 3.8) is 0 Å². The molecule has 1 aromatic rings. The summed E-state index contributed by atoms with van der Waals surface area (Å²) in [6.07, 6.45) is 2.57. The van der Waals surface area contributed by atoms with Gasteiger partial charge in [0.1, 0.15) is 0 Å². The molecular weight excluding hydrogens is 240 g/mol. The molecule has 2 rings (SSSR count). The first-order valence-corrected chi connectivity index (χ1v) is 5.81. The zero-order chi connectivity index (χ0) is 10.3. The lowest BCUT2D eigenvalue weighted by Gasteiger charge is -2.18. The van der Waals surface area contributed by atoms with Crippen LogP contribution in [0.25, 0.3) is 0 Å². The average Bonchev–Trinajstić information content (AvgIpc) is 2.83. The van der Waals surface area contributed by atoms with Crippen molar-refractivity contribution in [1.29, 1.82) is 0 Å². The molecule has 0 N–H and O–H groups in total. The maximum absolute atomic E-state index is 4.42. The van der Waals surface area contributed by atoms with E-state index >= 15 is 0 Å². The first-order chi connectivity index (χ1) is 6.47. The van der Waals surface area contributed by atoms with Crippen LogP contribution in [0.5, 0.6) is 0 Å². The Hall–Kier alpha value is -0.440. The summed E-state index contributed by atoms with van der Waals surface area (Å²) in [5.41, 5.74) is 2.44. The maximum atomic E-state index is 4.42. The average molecular weight is 255 g/mol. The number of hydrogen-bond acceptors (Lipinski definition) is 2. The largest absolute Gasteiger partial charge is 0.227 e. The predicted octanol–water partition coefficient (Wildman–Crippen LogP) is 3.41. The van der Waals surface area contributed by atoms with Gasteiger partial charge in [0.2, 0.25) is 0 Å². The highest BCUT2D eigenvalue weighted by Crippen LogP contribution is 2.40. The van der Waals surface area contributed by atoms with E-state index in [1.165, 1.54) is 18.5 Å². The molecule has 0 spiro atoms. The molecule has 0 bridgehead atoms. The van der Waals surface area contributed by atoms with Crippen LogP contribution in [0, 0.1) is 0 Å². The minimum atomic E-state index is 0.106. The van der Waals surface area contributed by atoms with Crippen LogP contribution in [0.4, 0.5) is 0 Å². The fraction of sp³-hybridized carbons (Fsp3) is 0.636. The van der Waals surface area contributed by atoms with E-state index in [4.69, 9.17) is 0 Å². The molecule has 1 aromatic heterocycles. The van der Waals surface area contributed by atoms with Crippen LogP contribution in [-0.2, 0) is 5.41 Å². The van der Waals surface area contributed by atoms with Gasteiger partial charge in [-0.1, -0.05) is 20.8 Å². The lowest BCUT2D eigenvalue weighted by molar-refractivity contribution is 0.562. The fourth-order valence-electron chi connectivity index (χ4n) is 1.41. The topological polar surface area (TPSA) is 25.8 Å². The van der Waals surface area contributed by atoms with Crippen molar-refractivity contribution in [2.75, 3.05) is 0 Å². The summed E-state index contributed by atoms with van der Waals surface area (Å²) in [6, 6.07) is 2.16. The van der Waals surface area contributed by atoms with Crippen LogP contribution in [-0.4, -0.2) is 9.97 Å². The van der Waals surface area contributed by atoms with Gasteiger partial charge in [-0.3, -0.25) is 0 Å². The van der Waals surface area contributed by atoms with Crippen molar-refractivity contribution in [3.05, 3.63) is 22.2 Å². The number of nitrogens with zero attached hydrogens (tertiary/aromatic N) is 2. The van der Waals surface area contributed by atoms with Crippen molar-refractivity contribution in [3.8, 4) is 0 Å². The van der Waals surface area contributed by atoms with Gasteiger partial charge in [0, 0.05) is 17.0 Å². The van der Waals surface area contributed by atoms with Crippen molar-refractivity contribution in [2.45, 2.75) is 44.9 Å². The summed E-state index contributed by atoms with van der Waals surface area (Å²) < 4.78 is 0.729. The Morgan fingerprint density at radius 2 is 1.93 bits per heavy atom. The van der Waals surface area contributed by atoms with Gasteiger partial charge in [0.25, 0.3) is 0 Å². The SMILES string of the molecule is CC(C)(C)c1cc(C2CC2)nc(Br)n1. The van der Waals surface area contributed by atoms with Gasteiger partial charge in [-0.15, -0.1) is 0 Å². The third-order valence-corrected chi connectivity index (χ3v) is 2.84. The predicted molar refractivity (Wildman–Crippen MR) is 60.4 cm³/mol. The van der Waals surface area contributed by atoms with E-state index in [1.54, 1.807) is 0 Å². The Balaban J connectivity index is 2.41. The molecule has 3 heteroatoms. The molecule has 1 aliphatic carbocycles. The van der Waals surface area contributed by atoms with Gasteiger partial charge in [-0.05, 0) is 34.8 Å². The van der Waals surface area contributed by atoms with E-state index in [1.807, 2.05) is 0 Å². The Bertz CT molecular complexity index is 351. The Kier molecular flexibility index (Phi) is 2.38. The molecule has 0 unspecified atom stereocenters. The summed E-state index contributed by atoms with van der Waals surface area (Å²) >= 11 is 3.38. The smallest absolute Gasteiger partial charge is 0.197 e. The molecule has 0 saturated heterocycles. The lowest BCUT2D eigenvalue weighted by atomic mass is 9.91. The quantitative estimate of drug-likeness (QED) is 0.718. The highest BCUT2D eigenvalue weighted by atomic mass is 79.9. The normalized spacial score (nSPS) is 17.1. The van der Waals surface area contributed by atoms with Crippen molar-refractivity contribution < 1.29 is 0 Å². The van der Waals surface area contributed by atoms with Crippen molar-refractivity contribution in [1.82, 2.24) is 9.97 Å². The first kappa shape index (κ1) is 10.1. The van der Waals surface area contributed by atoms with Gasteiger partial charge >= 0.3 is 0 Å². The molecule has 1 saturated carbocycles. The third-order valence-electron chi connectivity index (χ3n) is 2.48. The molecule has 0 radical (unpaired) electrons. The molecule has 1 aliphatic rings. The number of rotatable bonds is 1. The molecular formula is C11H15BrN2. The van der Waals surface area contributed by atoms with Gasteiger partial charge in [-0.25, -0.2) is 9.97 Å². The lowest BCUT2D eigenvalue weighted by Crippen LogP contribution is -2.14. The van der Waals surface area contributed by atoms with E-state index in [2.05, 4.69) is 52.7 Å². The van der Waals surface area contributed by atoms with Crippen molar-refractivity contribution in [2.24, 2.45) is 0 Å². The van der Waals surface area contributed by atoms with Crippen molar-refractivity contribution >= 4 is 15.9 Å². The van der Waals surface area contributed by atoms with Crippen LogP contribution in [0.2, 0.25) is 0 Å². The second-order valence-corrected chi connectivity index (χ2v) is 5.68. The molecule has 1 heterocycles. The number of hydrogen-bond donors (Lipinski definition) is 0. The van der Waals surface area contributed by atoms with Crippen LogP contribution >= 0.6 is 15.9 Å². The van der Waals surface area contributed by atoms with E-state index in [0.29, 0.717) is 5.92 Å². The molecule has 0 aromatic carbocycles. The maximum Gasteiger partial charge on any atom is 0.197 e. The summed E-state index contributed by atoms with van der Waals surface area (Å²) in [5.74, 6) is 0.690. The summed E-state index contributed by atoms with van der Waals surface area (Å²) in [6.45, 7) is 6.54. The molecule has 0 amide bonds. The molecule has 14 heavy (non-hydrogen) atoms. The van der Waals surface area contributed by atoms with Gasteiger partial charge in [0.05, 0.1) is 5.69 Å². The highest BCUT2D eigenvalue weighted by Gasteiger charge is 2.27. The van der Waals surface area contributed by atoms with Crippen LogP contribution in [0.15, 0.2) is 10.8 Å². The standard InChI is InChI=1S/C11H15BrN2/c1-11(2,3)9-6-8(7-4-5-7)13-10(12)14-9/h6-7H,4-5H2,1-3H3. The molecule has 2 nitrogen and oxygen atoms in total. The van der Waals surface area contributed by atoms with Crippen LogP contribution < -0.4 is 0 Å². The molecule has 0 aliphatic heterocycles. The second kappa shape index (κ2) is 3.30. The second-order valence-electron chi connectivity index (χ2n) is 4.97. The molecule has 76 valence electrons. The third kappa shape index (κ3) is 2.14. The van der Waals surface area contributed by atoms with Crippen LogP contribution in [0.3, 0.4) is 0 Å². The van der Waals surface area contributed by atoms with E-state index in [-0.39, 0.29) is 5.41 Å². The van der Waals surface area contributed by atoms with Crippen LogP contribution in [0.1, 0.15) is 50.9 Å². The Labute approximate surface area is 93.3 Å². The highest BCUT2D eigenvalue weighted by molar-refractivity contribution is 9.10. The minimum Gasteiger partial charge on any atom is -0.227 e. The van der Waals surface area contributed by atoms with E-state index in [9.17, 15) is 0 Å². The molecule has 1 fully saturated rings. The summed E-state index contributed by atoms with van der Waals surface area (Å²) in [5, 5.41) is 0. The number of halogens is 1. The summed E-state index contributed by atoms with van der Waals surface area (Å²) in [4.78, 5) is 8.84. The zero-order valence-electron chi connectivity index (χ0n) is 8.84. The van der Waals surface area contributed by atoms with Gasteiger partial charge in [0.15, 0.2) is 4.73 Å². The monoisotopic (exact) mass is 254 g/mol. The Morgan fingerprint density at radius 1 is 1.29 bits per heavy atom. The summed E-state index contributed by atoms with van der Waals surface area (Å²) in [7, 11) is 0. The number of aromatic nitrogens is 2.